The van der Waals surface area contributed by atoms with Crippen molar-refractivity contribution < 1.29 is 24.2 Å². The Kier molecular flexibility index (Phi) is 6.12. The van der Waals surface area contributed by atoms with Crippen molar-refractivity contribution in [2.75, 3.05) is 26.5 Å². The van der Waals surface area contributed by atoms with Gasteiger partial charge in [0.1, 0.15) is 12.6 Å². The number of methoxy groups -OCH3 is 1. The van der Waals surface area contributed by atoms with E-state index in [0.717, 1.165) is 12.8 Å². The minimum absolute atomic E-state index is 0.159. The van der Waals surface area contributed by atoms with Gasteiger partial charge in [-0.2, -0.15) is 0 Å². The summed E-state index contributed by atoms with van der Waals surface area (Å²) in [4.78, 5) is 37.4. The number of amides is 2. The van der Waals surface area contributed by atoms with E-state index in [-0.39, 0.29) is 11.9 Å². The minimum atomic E-state index is -1.02. The number of hydrogen-bond acceptors (Lipinski definition) is 5. The van der Waals surface area contributed by atoms with Crippen molar-refractivity contribution in [1.29, 1.82) is 0 Å². The molecule has 0 saturated carbocycles. The van der Waals surface area contributed by atoms with Crippen molar-refractivity contribution in [2.24, 2.45) is 0 Å². The molecular formula is C12H20N2O5S. The normalized spacial score (nSPS) is 21.6. The third-order valence-corrected chi connectivity index (χ3v) is 4.41. The average molecular weight is 304 g/mol. The molecule has 8 heteroatoms. The Morgan fingerprint density at radius 2 is 2.10 bits per heavy atom. The van der Waals surface area contributed by atoms with E-state index in [4.69, 9.17) is 0 Å². The van der Waals surface area contributed by atoms with Gasteiger partial charge in [-0.25, -0.2) is 9.59 Å². The van der Waals surface area contributed by atoms with Gasteiger partial charge in [-0.05, 0) is 6.42 Å². The summed E-state index contributed by atoms with van der Waals surface area (Å²) in [6.07, 6.45) is 1.58. The van der Waals surface area contributed by atoms with Gasteiger partial charge in [-0.3, -0.25) is 9.69 Å². The summed E-state index contributed by atoms with van der Waals surface area (Å²) in [5.74, 6) is -1.18. The third kappa shape index (κ3) is 3.78. The lowest BCUT2D eigenvalue weighted by Gasteiger charge is -2.31. The number of thioether (sulfide) groups is 1. The van der Waals surface area contributed by atoms with Crippen LogP contribution in [0.3, 0.4) is 0 Å². The van der Waals surface area contributed by atoms with E-state index < -0.39 is 24.0 Å². The van der Waals surface area contributed by atoms with Gasteiger partial charge in [0.25, 0.3) is 0 Å². The molecular weight excluding hydrogens is 284 g/mol. The molecule has 1 rings (SSSR count). The Balaban J connectivity index is 2.82. The van der Waals surface area contributed by atoms with Gasteiger partial charge in [0.15, 0.2) is 0 Å². The van der Waals surface area contributed by atoms with Crippen LogP contribution in [0.2, 0.25) is 0 Å². The zero-order valence-electron chi connectivity index (χ0n) is 11.9. The summed E-state index contributed by atoms with van der Waals surface area (Å²) in [5.41, 5.74) is 0. The molecule has 1 aliphatic heterocycles. The highest BCUT2D eigenvalue weighted by atomic mass is 32.2. The van der Waals surface area contributed by atoms with Crippen molar-refractivity contribution in [1.82, 2.24) is 9.80 Å². The molecule has 0 aromatic carbocycles. The first-order valence-electron chi connectivity index (χ1n) is 6.37. The SMILES string of the molecule is CCCC1SCC(C(=O)O)N1C(=O)N(C)CC(=O)OC. The standard InChI is InChI=1S/C12H20N2O5S/c1-4-5-9-14(8(7-20-9)11(16)17)12(18)13(2)6-10(15)19-3/h8-9H,4-7H2,1-3H3,(H,16,17). The molecule has 0 aliphatic carbocycles. The largest absolute Gasteiger partial charge is 0.480 e. The second kappa shape index (κ2) is 7.37. The number of likely N-dealkylation sites (N-methyl/N-ethyl adjacent to an activating group) is 1. The number of rotatable bonds is 5. The number of aliphatic carboxylic acids is 1. The van der Waals surface area contributed by atoms with Gasteiger partial charge in [0.2, 0.25) is 0 Å². The van der Waals surface area contributed by atoms with Gasteiger partial charge in [-0.15, -0.1) is 11.8 Å². The molecule has 0 aromatic heterocycles. The Morgan fingerprint density at radius 3 is 2.60 bits per heavy atom. The summed E-state index contributed by atoms with van der Waals surface area (Å²) in [6, 6.07) is -1.30. The van der Waals surface area contributed by atoms with Crippen LogP contribution in [0.5, 0.6) is 0 Å². The number of esters is 1. The van der Waals surface area contributed by atoms with E-state index in [0.29, 0.717) is 5.75 Å². The van der Waals surface area contributed by atoms with Crippen molar-refractivity contribution in [3.63, 3.8) is 0 Å². The van der Waals surface area contributed by atoms with Crippen LogP contribution in [0.15, 0.2) is 0 Å². The molecule has 20 heavy (non-hydrogen) atoms. The van der Waals surface area contributed by atoms with E-state index in [1.165, 1.54) is 35.7 Å². The number of ether oxygens (including phenoxy) is 1. The summed E-state index contributed by atoms with van der Waals surface area (Å²) < 4.78 is 4.51. The van der Waals surface area contributed by atoms with Gasteiger partial charge in [-0.1, -0.05) is 13.3 Å². The predicted molar refractivity (Wildman–Crippen MR) is 74.5 cm³/mol. The predicted octanol–water partition coefficient (Wildman–Crippen LogP) is 0.839. The molecule has 114 valence electrons. The molecule has 1 N–H and O–H groups in total. The number of carboxylic acid groups (broad SMARTS) is 1. The molecule has 0 bridgehead atoms. The van der Waals surface area contributed by atoms with Crippen LogP contribution in [0.4, 0.5) is 4.79 Å². The molecule has 0 spiro atoms. The lowest BCUT2D eigenvalue weighted by atomic mass is 10.2. The Bertz CT molecular complexity index is 390. The molecule has 1 saturated heterocycles. The van der Waals surface area contributed by atoms with Crippen LogP contribution in [-0.4, -0.2) is 70.7 Å². The highest BCUT2D eigenvalue weighted by Crippen LogP contribution is 2.33. The molecule has 1 fully saturated rings. The monoisotopic (exact) mass is 304 g/mol. The molecule has 0 radical (unpaired) electrons. The first-order valence-corrected chi connectivity index (χ1v) is 7.41. The number of carbonyl (C=O) groups is 3. The minimum Gasteiger partial charge on any atom is -0.480 e. The van der Waals surface area contributed by atoms with Gasteiger partial charge >= 0.3 is 18.0 Å². The Morgan fingerprint density at radius 1 is 1.45 bits per heavy atom. The van der Waals surface area contributed by atoms with Crippen molar-refractivity contribution in [3.8, 4) is 0 Å². The fourth-order valence-corrected chi connectivity index (χ4v) is 3.51. The lowest BCUT2D eigenvalue weighted by molar-refractivity contribution is -0.141. The highest BCUT2D eigenvalue weighted by Gasteiger charge is 2.42. The van der Waals surface area contributed by atoms with Gasteiger partial charge in [0, 0.05) is 12.8 Å². The maximum Gasteiger partial charge on any atom is 0.327 e. The van der Waals surface area contributed by atoms with Gasteiger partial charge < -0.3 is 14.7 Å². The fraction of sp³-hybridized carbons (Fsp3) is 0.750. The van der Waals surface area contributed by atoms with E-state index >= 15 is 0 Å². The van der Waals surface area contributed by atoms with Crippen LogP contribution in [0.1, 0.15) is 19.8 Å². The zero-order valence-corrected chi connectivity index (χ0v) is 12.7. The number of urea groups is 1. The summed E-state index contributed by atoms with van der Waals surface area (Å²) >= 11 is 1.46. The highest BCUT2D eigenvalue weighted by molar-refractivity contribution is 8.00. The maximum atomic E-state index is 12.4. The third-order valence-electron chi connectivity index (χ3n) is 3.05. The first kappa shape index (κ1) is 16.6. The average Bonchev–Trinajstić information content (AvgIpc) is 2.81. The molecule has 2 unspecified atom stereocenters. The quantitative estimate of drug-likeness (QED) is 0.757. The number of hydrogen-bond donors (Lipinski definition) is 1. The molecule has 7 nitrogen and oxygen atoms in total. The Labute approximate surface area is 122 Å². The summed E-state index contributed by atoms with van der Waals surface area (Å²) in [5, 5.41) is 9.05. The lowest BCUT2D eigenvalue weighted by Crippen LogP contribution is -2.51. The van der Waals surface area contributed by atoms with Crippen LogP contribution in [0, 0.1) is 0 Å². The van der Waals surface area contributed by atoms with Crippen molar-refractivity contribution in [3.05, 3.63) is 0 Å². The first-order chi connectivity index (χ1) is 9.42. The van der Waals surface area contributed by atoms with E-state index in [2.05, 4.69) is 4.74 Å². The molecule has 1 heterocycles. The number of carbonyl (C=O) groups excluding carboxylic acids is 2. The van der Waals surface area contributed by atoms with Crippen molar-refractivity contribution >= 4 is 29.7 Å². The fourth-order valence-electron chi connectivity index (χ4n) is 2.00. The van der Waals surface area contributed by atoms with Crippen LogP contribution in [0.25, 0.3) is 0 Å². The second-order valence-corrected chi connectivity index (χ2v) is 5.76. The van der Waals surface area contributed by atoms with E-state index in [1.807, 2.05) is 6.92 Å². The summed E-state index contributed by atoms with van der Waals surface area (Å²) in [7, 11) is 2.70. The topological polar surface area (TPSA) is 87.2 Å². The van der Waals surface area contributed by atoms with Crippen LogP contribution in [-0.2, 0) is 14.3 Å². The zero-order chi connectivity index (χ0) is 15.3. The number of nitrogens with zero attached hydrogens (tertiary/aromatic N) is 2. The molecule has 0 aromatic rings. The smallest absolute Gasteiger partial charge is 0.327 e. The molecule has 1 aliphatic rings. The van der Waals surface area contributed by atoms with Crippen LogP contribution >= 0.6 is 11.8 Å². The maximum absolute atomic E-state index is 12.4. The van der Waals surface area contributed by atoms with Crippen molar-refractivity contribution in [2.45, 2.75) is 31.2 Å². The molecule has 2 amide bonds. The van der Waals surface area contributed by atoms with Crippen LogP contribution < -0.4 is 0 Å². The second-order valence-electron chi connectivity index (χ2n) is 4.55. The van der Waals surface area contributed by atoms with E-state index in [9.17, 15) is 19.5 Å². The molecule has 2 atom stereocenters. The van der Waals surface area contributed by atoms with E-state index in [1.54, 1.807) is 0 Å². The Hall–Kier alpha value is -1.44. The summed E-state index contributed by atoms with van der Waals surface area (Å²) in [6.45, 7) is 1.79. The number of carboxylic acids is 1. The van der Waals surface area contributed by atoms with Gasteiger partial charge in [0.05, 0.1) is 12.5 Å².